The molecular weight excluding hydrogens is 150 g/mol. The fraction of sp³-hybridized carbons (Fsp3) is 0.667. The SMILES string of the molecule is NC(=O)C(CCO)CC(=O)O. The lowest BCUT2D eigenvalue weighted by Gasteiger charge is -2.07. The Bertz CT molecular complexity index is 157. The number of amides is 1. The zero-order valence-corrected chi connectivity index (χ0v) is 5.99. The normalized spacial score (nSPS) is 12.5. The first-order valence-corrected chi connectivity index (χ1v) is 3.20. The van der Waals surface area contributed by atoms with E-state index in [0.29, 0.717) is 0 Å². The zero-order valence-electron chi connectivity index (χ0n) is 5.99. The van der Waals surface area contributed by atoms with Crippen molar-refractivity contribution < 1.29 is 19.8 Å². The maximum atomic E-state index is 10.5. The number of hydrogen-bond acceptors (Lipinski definition) is 3. The van der Waals surface area contributed by atoms with Crippen molar-refractivity contribution in [2.75, 3.05) is 6.61 Å². The Hall–Kier alpha value is -1.10. The topological polar surface area (TPSA) is 101 Å². The van der Waals surface area contributed by atoms with E-state index in [1.54, 1.807) is 0 Å². The Labute approximate surface area is 63.8 Å². The van der Waals surface area contributed by atoms with Crippen molar-refractivity contribution >= 4 is 11.9 Å². The van der Waals surface area contributed by atoms with Crippen molar-refractivity contribution in [2.45, 2.75) is 12.8 Å². The molecule has 11 heavy (non-hydrogen) atoms. The van der Waals surface area contributed by atoms with Gasteiger partial charge in [0.15, 0.2) is 0 Å². The number of carboxylic acids is 1. The molecule has 0 aliphatic carbocycles. The smallest absolute Gasteiger partial charge is 0.304 e. The second kappa shape index (κ2) is 4.68. The van der Waals surface area contributed by atoms with Crippen molar-refractivity contribution in [3.05, 3.63) is 0 Å². The molecule has 5 nitrogen and oxygen atoms in total. The number of aliphatic carboxylic acids is 1. The van der Waals surface area contributed by atoms with Crippen molar-refractivity contribution in [1.82, 2.24) is 0 Å². The summed E-state index contributed by atoms with van der Waals surface area (Å²) in [5.41, 5.74) is 4.86. The predicted molar refractivity (Wildman–Crippen MR) is 36.6 cm³/mol. The van der Waals surface area contributed by atoms with Gasteiger partial charge in [0.2, 0.25) is 5.91 Å². The highest BCUT2D eigenvalue weighted by atomic mass is 16.4. The number of aliphatic hydroxyl groups is 1. The molecule has 0 aromatic heterocycles. The molecule has 0 aromatic rings. The number of nitrogens with two attached hydrogens (primary N) is 1. The van der Waals surface area contributed by atoms with Crippen LogP contribution >= 0.6 is 0 Å². The number of aliphatic hydroxyl groups excluding tert-OH is 1. The Balaban J connectivity index is 3.89. The largest absolute Gasteiger partial charge is 0.481 e. The average Bonchev–Trinajstić information content (AvgIpc) is 1.86. The lowest BCUT2D eigenvalue weighted by molar-refractivity contribution is -0.140. The summed E-state index contributed by atoms with van der Waals surface area (Å²) < 4.78 is 0. The number of carboxylic acid groups (broad SMARTS) is 1. The summed E-state index contributed by atoms with van der Waals surface area (Å²) in [6, 6.07) is 0. The maximum absolute atomic E-state index is 10.5. The minimum Gasteiger partial charge on any atom is -0.481 e. The van der Waals surface area contributed by atoms with Gasteiger partial charge in [-0.2, -0.15) is 0 Å². The highest BCUT2D eigenvalue weighted by molar-refractivity contribution is 5.81. The van der Waals surface area contributed by atoms with Crippen molar-refractivity contribution in [2.24, 2.45) is 11.7 Å². The molecular formula is C6H11NO4. The molecule has 0 saturated heterocycles. The summed E-state index contributed by atoms with van der Waals surface area (Å²) in [6.07, 6.45) is -0.197. The number of hydrogen-bond donors (Lipinski definition) is 3. The van der Waals surface area contributed by atoms with E-state index in [-0.39, 0.29) is 19.4 Å². The van der Waals surface area contributed by atoms with E-state index >= 15 is 0 Å². The monoisotopic (exact) mass is 161 g/mol. The Morgan fingerprint density at radius 2 is 2.00 bits per heavy atom. The van der Waals surface area contributed by atoms with E-state index in [9.17, 15) is 9.59 Å². The molecule has 0 spiro atoms. The van der Waals surface area contributed by atoms with Crippen LogP contribution in [0.15, 0.2) is 0 Å². The lowest BCUT2D eigenvalue weighted by Crippen LogP contribution is -2.26. The van der Waals surface area contributed by atoms with Crippen LogP contribution in [0.4, 0.5) is 0 Å². The van der Waals surface area contributed by atoms with Crippen LogP contribution in [0.3, 0.4) is 0 Å². The summed E-state index contributed by atoms with van der Waals surface area (Å²) in [7, 11) is 0. The van der Waals surface area contributed by atoms with Crippen LogP contribution in [0.2, 0.25) is 0 Å². The summed E-state index contributed by atoms with van der Waals surface area (Å²) >= 11 is 0. The number of primary amides is 1. The molecule has 0 fully saturated rings. The molecule has 0 aliphatic heterocycles. The maximum Gasteiger partial charge on any atom is 0.304 e. The van der Waals surface area contributed by atoms with Gasteiger partial charge in [-0.3, -0.25) is 9.59 Å². The molecule has 0 heterocycles. The quantitative estimate of drug-likeness (QED) is 0.478. The number of rotatable bonds is 5. The van der Waals surface area contributed by atoms with Gasteiger partial charge >= 0.3 is 5.97 Å². The van der Waals surface area contributed by atoms with Gasteiger partial charge in [0.25, 0.3) is 0 Å². The molecule has 0 bridgehead atoms. The van der Waals surface area contributed by atoms with E-state index in [2.05, 4.69) is 0 Å². The minimum atomic E-state index is -1.08. The van der Waals surface area contributed by atoms with Crippen molar-refractivity contribution in [3.63, 3.8) is 0 Å². The van der Waals surface area contributed by atoms with Gasteiger partial charge in [-0.25, -0.2) is 0 Å². The first kappa shape index (κ1) is 9.90. The van der Waals surface area contributed by atoms with Gasteiger partial charge in [-0.05, 0) is 6.42 Å². The van der Waals surface area contributed by atoms with E-state index in [1.807, 2.05) is 0 Å². The molecule has 0 radical (unpaired) electrons. The molecule has 1 unspecified atom stereocenters. The molecule has 0 aromatic carbocycles. The molecule has 4 N–H and O–H groups in total. The molecule has 1 amide bonds. The summed E-state index contributed by atoms with van der Waals surface area (Å²) in [5.74, 6) is -2.51. The van der Waals surface area contributed by atoms with Crippen LogP contribution in [-0.2, 0) is 9.59 Å². The van der Waals surface area contributed by atoms with Crippen LogP contribution in [0.1, 0.15) is 12.8 Å². The highest BCUT2D eigenvalue weighted by Crippen LogP contribution is 2.06. The summed E-state index contributed by atoms with van der Waals surface area (Å²) in [4.78, 5) is 20.6. The van der Waals surface area contributed by atoms with Gasteiger partial charge in [-0.1, -0.05) is 0 Å². The number of carbonyl (C=O) groups excluding carboxylic acids is 1. The van der Waals surface area contributed by atoms with Crippen LogP contribution < -0.4 is 5.73 Å². The highest BCUT2D eigenvalue weighted by Gasteiger charge is 2.17. The Morgan fingerprint density at radius 3 is 2.27 bits per heavy atom. The van der Waals surface area contributed by atoms with Crippen LogP contribution in [0.5, 0.6) is 0 Å². The molecule has 0 aliphatic rings. The third-order valence-electron chi connectivity index (χ3n) is 1.30. The fourth-order valence-corrected chi connectivity index (χ4v) is 0.712. The second-order valence-corrected chi connectivity index (χ2v) is 2.21. The van der Waals surface area contributed by atoms with Crippen molar-refractivity contribution in [3.8, 4) is 0 Å². The van der Waals surface area contributed by atoms with E-state index in [0.717, 1.165) is 0 Å². The predicted octanol–water partition coefficient (Wildman–Crippen LogP) is -1.05. The summed E-state index contributed by atoms with van der Waals surface area (Å²) in [6.45, 7) is -0.221. The van der Waals surface area contributed by atoms with Crippen molar-refractivity contribution in [1.29, 1.82) is 0 Å². The zero-order chi connectivity index (χ0) is 8.85. The standard InChI is InChI=1S/C6H11NO4/c7-6(11)4(1-2-8)3-5(9)10/h4,8H,1-3H2,(H2,7,11)(H,9,10). The van der Waals surface area contributed by atoms with Gasteiger partial charge in [0, 0.05) is 6.61 Å². The van der Waals surface area contributed by atoms with E-state index < -0.39 is 17.8 Å². The Morgan fingerprint density at radius 1 is 1.45 bits per heavy atom. The number of carbonyl (C=O) groups is 2. The molecule has 1 atom stereocenters. The lowest BCUT2D eigenvalue weighted by atomic mass is 10.0. The van der Waals surface area contributed by atoms with Crippen LogP contribution in [0, 0.1) is 5.92 Å². The minimum absolute atomic E-state index is 0.113. The van der Waals surface area contributed by atoms with Gasteiger partial charge in [0.1, 0.15) is 0 Å². The van der Waals surface area contributed by atoms with E-state index in [4.69, 9.17) is 15.9 Å². The van der Waals surface area contributed by atoms with Crippen LogP contribution in [0.25, 0.3) is 0 Å². The molecule has 0 saturated carbocycles. The third kappa shape index (κ3) is 4.32. The van der Waals surface area contributed by atoms with Gasteiger partial charge in [0.05, 0.1) is 12.3 Å². The Kier molecular flexibility index (Phi) is 4.21. The second-order valence-electron chi connectivity index (χ2n) is 2.21. The fourth-order valence-electron chi connectivity index (χ4n) is 0.712. The van der Waals surface area contributed by atoms with Crippen LogP contribution in [-0.4, -0.2) is 28.7 Å². The molecule has 64 valence electrons. The summed E-state index contributed by atoms with van der Waals surface area (Å²) in [5, 5.41) is 16.7. The molecule has 0 rings (SSSR count). The van der Waals surface area contributed by atoms with Gasteiger partial charge in [-0.15, -0.1) is 0 Å². The van der Waals surface area contributed by atoms with Gasteiger partial charge < -0.3 is 15.9 Å². The van der Waals surface area contributed by atoms with E-state index in [1.165, 1.54) is 0 Å². The third-order valence-corrected chi connectivity index (χ3v) is 1.30. The molecule has 5 heteroatoms. The first-order valence-electron chi connectivity index (χ1n) is 3.20. The average molecular weight is 161 g/mol. The first-order chi connectivity index (χ1) is 5.07.